The van der Waals surface area contributed by atoms with E-state index < -0.39 is 11.5 Å². The third kappa shape index (κ3) is 3.54. The summed E-state index contributed by atoms with van der Waals surface area (Å²) >= 11 is 1.70. The molecule has 1 atom stereocenters. The summed E-state index contributed by atoms with van der Waals surface area (Å²) in [6.45, 7) is 1.95. The van der Waals surface area contributed by atoms with Crippen LogP contribution in [0.15, 0.2) is 5.38 Å². The highest BCUT2D eigenvalue weighted by molar-refractivity contribution is 7.10. The van der Waals surface area contributed by atoms with E-state index in [0.717, 1.165) is 24.8 Å². The van der Waals surface area contributed by atoms with Crippen LogP contribution in [0, 0.1) is 5.92 Å². The molecule has 2 fully saturated rings. The van der Waals surface area contributed by atoms with Gasteiger partial charge in [-0.05, 0) is 44.1 Å². The Bertz CT molecular complexity index is 827. The van der Waals surface area contributed by atoms with E-state index in [1.807, 2.05) is 15.2 Å². The zero-order chi connectivity index (χ0) is 21.3. The van der Waals surface area contributed by atoms with E-state index in [4.69, 9.17) is 9.47 Å². The summed E-state index contributed by atoms with van der Waals surface area (Å²) < 4.78 is 10.2. The summed E-state index contributed by atoms with van der Waals surface area (Å²) in [6, 6.07) is 0. The molecule has 164 valence electrons. The van der Waals surface area contributed by atoms with Crippen molar-refractivity contribution in [1.29, 1.82) is 0 Å². The van der Waals surface area contributed by atoms with Gasteiger partial charge in [-0.25, -0.2) is 0 Å². The van der Waals surface area contributed by atoms with Crippen LogP contribution in [0.25, 0.3) is 0 Å². The van der Waals surface area contributed by atoms with Gasteiger partial charge in [0.2, 0.25) is 5.91 Å². The monoisotopic (exact) mass is 434 g/mol. The smallest absolute Gasteiger partial charge is 0.311 e. The van der Waals surface area contributed by atoms with Crippen molar-refractivity contribution in [2.75, 3.05) is 40.5 Å². The lowest BCUT2D eigenvalue weighted by molar-refractivity contribution is -0.150. The van der Waals surface area contributed by atoms with Crippen molar-refractivity contribution < 1.29 is 23.9 Å². The molecule has 2 amide bonds. The first-order valence-corrected chi connectivity index (χ1v) is 11.7. The van der Waals surface area contributed by atoms with Gasteiger partial charge in [0, 0.05) is 43.4 Å². The fourth-order valence-corrected chi connectivity index (χ4v) is 6.56. The molecule has 3 aliphatic rings. The van der Waals surface area contributed by atoms with Crippen molar-refractivity contribution in [2.45, 2.75) is 50.5 Å². The number of aryl methyl sites for hydroxylation is 1. The van der Waals surface area contributed by atoms with Crippen LogP contribution in [-0.2, 0) is 31.9 Å². The molecule has 0 bridgehead atoms. The molecule has 2 saturated heterocycles. The third-order valence-corrected chi connectivity index (χ3v) is 8.17. The van der Waals surface area contributed by atoms with Crippen molar-refractivity contribution in [3.63, 3.8) is 0 Å². The third-order valence-electron chi connectivity index (χ3n) is 7.08. The van der Waals surface area contributed by atoms with Crippen molar-refractivity contribution >= 4 is 29.1 Å². The number of hydrogen-bond donors (Lipinski definition) is 0. The molecule has 30 heavy (non-hydrogen) atoms. The molecule has 0 radical (unpaired) electrons. The maximum atomic E-state index is 13.3. The molecule has 2 aliphatic heterocycles. The summed E-state index contributed by atoms with van der Waals surface area (Å²) in [7, 11) is 2.98. The quantitative estimate of drug-likeness (QED) is 0.665. The van der Waals surface area contributed by atoms with Gasteiger partial charge in [0.1, 0.15) is 0 Å². The lowest BCUT2D eigenvalue weighted by Gasteiger charge is -2.47. The molecule has 1 aromatic rings. The van der Waals surface area contributed by atoms with Crippen LogP contribution >= 0.6 is 11.3 Å². The van der Waals surface area contributed by atoms with E-state index in [-0.39, 0.29) is 24.2 Å². The summed E-state index contributed by atoms with van der Waals surface area (Å²) in [4.78, 5) is 43.6. The van der Waals surface area contributed by atoms with E-state index in [2.05, 4.69) is 0 Å². The minimum absolute atomic E-state index is 0.0332. The fourth-order valence-electron chi connectivity index (χ4n) is 5.45. The molecule has 8 heteroatoms. The van der Waals surface area contributed by atoms with Crippen LogP contribution in [0.4, 0.5) is 0 Å². The van der Waals surface area contributed by atoms with Gasteiger partial charge in [-0.2, -0.15) is 0 Å². The first-order valence-electron chi connectivity index (χ1n) is 10.8. The molecule has 1 unspecified atom stereocenters. The highest BCUT2D eigenvalue weighted by atomic mass is 32.1. The molecule has 1 aliphatic carbocycles. The number of fused-ring (bicyclic) bond motifs is 1. The number of rotatable bonds is 5. The zero-order valence-corrected chi connectivity index (χ0v) is 18.6. The van der Waals surface area contributed by atoms with Crippen LogP contribution in [0.1, 0.15) is 52.9 Å². The van der Waals surface area contributed by atoms with Gasteiger partial charge in [0.05, 0.1) is 30.7 Å². The van der Waals surface area contributed by atoms with Crippen LogP contribution in [0.2, 0.25) is 0 Å². The average molecular weight is 435 g/mol. The summed E-state index contributed by atoms with van der Waals surface area (Å²) in [5.74, 6) is -0.770. The standard InChI is InChI=1S/C22H30N2O5S/c1-28-12-11-24-19(25)13-17(21(27)29-2)22(24)7-9-23(10-8-22)20(26)16-14-30-18-6-4-3-5-15(16)18/h14,17H,3-13H2,1-2H3. The number of nitrogens with zero attached hydrogens (tertiary/aromatic N) is 2. The Morgan fingerprint density at radius 2 is 1.93 bits per heavy atom. The number of esters is 1. The lowest BCUT2D eigenvalue weighted by atomic mass is 9.76. The van der Waals surface area contributed by atoms with Gasteiger partial charge in [-0.1, -0.05) is 0 Å². The average Bonchev–Trinajstić information content (AvgIpc) is 3.31. The van der Waals surface area contributed by atoms with Crippen molar-refractivity contribution in [2.24, 2.45) is 5.92 Å². The Kier molecular flexibility index (Phi) is 6.16. The number of ether oxygens (including phenoxy) is 2. The van der Waals surface area contributed by atoms with Gasteiger partial charge in [0.15, 0.2) is 0 Å². The van der Waals surface area contributed by atoms with Crippen LogP contribution < -0.4 is 0 Å². The van der Waals surface area contributed by atoms with Crippen LogP contribution in [-0.4, -0.2) is 73.6 Å². The Balaban J connectivity index is 1.53. The van der Waals surface area contributed by atoms with E-state index in [9.17, 15) is 14.4 Å². The Labute approximate surface area is 181 Å². The highest BCUT2D eigenvalue weighted by Crippen LogP contribution is 2.44. The normalized spacial score (nSPS) is 23.0. The molecule has 3 heterocycles. The number of thiophene rings is 1. The molecule has 0 aromatic carbocycles. The van der Waals surface area contributed by atoms with E-state index in [1.54, 1.807) is 18.4 Å². The Morgan fingerprint density at radius 3 is 2.63 bits per heavy atom. The minimum Gasteiger partial charge on any atom is -0.469 e. The maximum Gasteiger partial charge on any atom is 0.311 e. The lowest BCUT2D eigenvalue weighted by Crippen LogP contribution is -2.58. The maximum absolute atomic E-state index is 13.3. The molecule has 1 aromatic heterocycles. The zero-order valence-electron chi connectivity index (χ0n) is 17.8. The van der Waals surface area contributed by atoms with Gasteiger partial charge < -0.3 is 19.3 Å². The molecule has 0 saturated carbocycles. The number of methoxy groups -OCH3 is 2. The predicted octanol–water partition coefficient (Wildman–Crippen LogP) is 2.27. The van der Waals surface area contributed by atoms with Crippen LogP contribution in [0.5, 0.6) is 0 Å². The topological polar surface area (TPSA) is 76.2 Å². The number of amides is 2. The molecule has 4 rings (SSSR count). The number of carbonyl (C=O) groups is 3. The summed E-state index contributed by atoms with van der Waals surface area (Å²) in [6.07, 6.45) is 5.75. The second-order valence-corrected chi connectivity index (χ2v) is 9.44. The van der Waals surface area contributed by atoms with Crippen molar-refractivity contribution in [3.8, 4) is 0 Å². The second kappa shape index (κ2) is 8.67. The molecule has 7 nitrogen and oxygen atoms in total. The molecule has 1 spiro atoms. The number of carbonyl (C=O) groups excluding carboxylic acids is 3. The van der Waals surface area contributed by atoms with E-state index in [0.29, 0.717) is 39.1 Å². The number of piperidine rings is 1. The molecular formula is C22H30N2O5S. The van der Waals surface area contributed by atoms with Gasteiger partial charge in [0.25, 0.3) is 5.91 Å². The fraction of sp³-hybridized carbons (Fsp3) is 0.682. The largest absolute Gasteiger partial charge is 0.469 e. The summed E-state index contributed by atoms with van der Waals surface area (Å²) in [5, 5.41) is 2.02. The van der Waals surface area contributed by atoms with E-state index >= 15 is 0 Å². The Hall–Kier alpha value is -1.93. The van der Waals surface area contributed by atoms with Crippen molar-refractivity contribution in [3.05, 3.63) is 21.4 Å². The van der Waals surface area contributed by atoms with Crippen LogP contribution in [0.3, 0.4) is 0 Å². The highest BCUT2D eigenvalue weighted by Gasteiger charge is 2.57. The summed E-state index contributed by atoms with van der Waals surface area (Å²) in [5.41, 5.74) is 1.50. The first kappa shape index (κ1) is 21.3. The van der Waals surface area contributed by atoms with E-state index in [1.165, 1.54) is 24.0 Å². The second-order valence-electron chi connectivity index (χ2n) is 8.47. The number of hydrogen-bond acceptors (Lipinski definition) is 6. The SMILES string of the molecule is COCCN1C(=O)CC(C(=O)OC)C12CCN(C(=O)c1csc3c1CCCC3)CC2. The first-order chi connectivity index (χ1) is 14.5. The van der Waals surface area contributed by atoms with Gasteiger partial charge in [-0.15, -0.1) is 11.3 Å². The molecule has 0 N–H and O–H groups in total. The number of likely N-dealkylation sites (tertiary alicyclic amines) is 2. The van der Waals surface area contributed by atoms with Crippen molar-refractivity contribution in [1.82, 2.24) is 9.80 Å². The van der Waals surface area contributed by atoms with Gasteiger partial charge in [-0.3, -0.25) is 14.4 Å². The predicted molar refractivity (Wildman–Crippen MR) is 113 cm³/mol. The molecular weight excluding hydrogens is 404 g/mol. The van der Waals surface area contributed by atoms with Gasteiger partial charge >= 0.3 is 5.97 Å². The Morgan fingerprint density at radius 1 is 1.20 bits per heavy atom. The minimum atomic E-state index is -0.590.